The Morgan fingerprint density at radius 3 is 2.61 bits per heavy atom. The van der Waals surface area contributed by atoms with E-state index in [-0.39, 0.29) is 6.61 Å². The van der Waals surface area contributed by atoms with Crippen molar-refractivity contribution in [3.05, 3.63) is 42.6 Å². The number of nitrogens with one attached hydrogen (secondary N) is 1. The number of hydrogen-bond donors (Lipinski definition) is 3. The smallest absolute Gasteiger partial charge is 0.180 e. The molecule has 0 spiro atoms. The van der Waals surface area contributed by atoms with Crippen molar-refractivity contribution in [3.63, 3.8) is 0 Å². The molecule has 0 fully saturated rings. The molecule has 0 saturated heterocycles. The molecule has 0 aliphatic heterocycles. The predicted molar refractivity (Wildman–Crippen MR) is 85.4 cm³/mol. The van der Waals surface area contributed by atoms with Crippen LogP contribution in [0.15, 0.2) is 42.6 Å². The lowest BCUT2D eigenvalue weighted by molar-refractivity contribution is 0.123. The average Bonchev–Trinajstić information content (AvgIpc) is 2.59. The standard InChI is InChI=1S/C16H16N4O3/c1-10(21)9-23-12-4-2-11(3-5-12)14-8-17-13-6-7-15(20-22)19-16(13)18-14/h2-8,10,21-22H,9H2,1H3,(H,18,19,20). The quantitative estimate of drug-likeness (QED) is 0.621. The second kappa shape index (κ2) is 6.55. The van der Waals surface area contributed by atoms with Crippen LogP contribution in [0.1, 0.15) is 6.92 Å². The summed E-state index contributed by atoms with van der Waals surface area (Å²) in [7, 11) is 0. The van der Waals surface area contributed by atoms with Crippen LogP contribution >= 0.6 is 0 Å². The molecule has 7 nitrogen and oxygen atoms in total. The van der Waals surface area contributed by atoms with Gasteiger partial charge in [0.15, 0.2) is 11.5 Å². The largest absolute Gasteiger partial charge is 0.491 e. The van der Waals surface area contributed by atoms with Gasteiger partial charge in [0.1, 0.15) is 17.9 Å². The van der Waals surface area contributed by atoms with Gasteiger partial charge in [0, 0.05) is 5.56 Å². The SMILES string of the molecule is CC(O)COc1ccc(-c2cnc3ccc(NO)nc3n2)cc1. The lowest BCUT2D eigenvalue weighted by Crippen LogP contribution is -2.12. The van der Waals surface area contributed by atoms with Crippen LogP contribution in [0, 0.1) is 0 Å². The average molecular weight is 312 g/mol. The minimum Gasteiger partial charge on any atom is -0.491 e. The summed E-state index contributed by atoms with van der Waals surface area (Å²) < 4.78 is 5.42. The summed E-state index contributed by atoms with van der Waals surface area (Å²) in [5.41, 5.74) is 4.61. The number of aliphatic hydroxyl groups is 1. The molecule has 118 valence electrons. The molecule has 0 bridgehead atoms. The van der Waals surface area contributed by atoms with Gasteiger partial charge in [-0.25, -0.2) is 9.97 Å². The summed E-state index contributed by atoms with van der Waals surface area (Å²) in [6.07, 6.45) is 1.16. The third-order valence-corrected chi connectivity index (χ3v) is 3.16. The number of ether oxygens (including phenoxy) is 1. The van der Waals surface area contributed by atoms with Crippen LogP contribution in [0.2, 0.25) is 0 Å². The molecule has 1 unspecified atom stereocenters. The Balaban J connectivity index is 1.87. The molecule has 0 amide bonds. The minimum atomic E-state index is -0.513. The first-order valence-corrected chi connectivity index (χ1v) is 7.11. The maximum atomic E-state index is 9.22. The van der Waals surface area contributed by atoms with Gasteiger partial charge in [-0.1, -0.05) is 0 Å². The number of nitrogens with zero attached hydrogens (tertiary/aromatic N) is 3. The first-order valence-electron chi connectivity index (χ1n) is 7.11. The highest BCUT2D eigenvalue weighted by atomic mass is 16.5. The summed E-state index contributed by atoms with van der Waals surface area (Å²) in [5.74, 6) is 0.985. The van der Waals surface area contributed by atoms with E-state index in [9.17, 15) is 5.11 Å². The summed E-state index contributed by atoms with van der Waals surface area (Å²) in [5, 5.41) is 18.1. The van der Waals surface area contributed by atoms with Crippen LogP contribution in [0.3, 0.4) is 0 Å². The van der Waals surface area contributed by atoms with Gasteiger partial charge in [-0.05, 0) is 43.3 Å². The summed E-state index contributed by atoms with van der Waals surface area (Å²) in [4.78, 5) is 12.9. The molecular formula is C16H16N4O3. The molecule has 23 heavy (non-hydrogen) atoms. The van der Waals surface area contributed by atoms with Crippen LogP contribution in [-0.2, 0) is 0 Å². The van der Waals surface area contributed by atoms with Gasteiger partial charge < -0.3 is 9.84 Å². The molecule has 1 atom stereocenters. The number of fused-ring (bicyclic) bond motifs is 1. The van der Waals surface area contributed by atoms with Gasteiger partial charge in [-0.2, -0.15) is 0 Å². The fourth-order valence-electron chi connectivity index (χ4n) is 2.04. The molecule has 0 radical (unpaired) electrons. The number of aliphatic hydroxyl groups excluding tert-OH is 1. The molecular weight excluding hydrogens is 296 g/mol. The molecule has 3 rings (SSSR count). The molecule has 2 aromatic heterocycles. The van der Waals surface area contributed by atoms with Crippen molar-refractivity contribution in [2.45, 2.75) is 13.0 Å². The van der Waals surface area contributed by atoms with Gasteiger partial charge in [0.05, 0.1) is 18.0 Å². The first kappa shape index (κ1) is 15.1. The highest BCUT2D eigenvalue weighted by Gasteiger charge is 2.06. The third-order valence-electron chi connectivity index (χ3n) is 3.16. The molecule has 7 heteroatoms. The van der Waals surface area contributed by atoms with Gasteiger partial charge in [0.25, 0.3) is 0 Å². The third kappa shape index (κ3) is 3.53. The monoisotopic (exact) mass is 312 g/mol. The van der Waals surface area contributed by atoms with Crippen molar-refractivity contribution >= 4 is 17.0 Å². The zero-order chi connectivity index (χ0) is 16.2. The van der Waals surface area contributed by atoms with Crippen LogP contribution in [-0.4, -0.2) is 38.0 Å². The Labute approximate surface area is 132 Å². The maximum Gasteiger partial charge on any atom is 0.180 e. The second-order valence-corrected chi connectivity index (χ2v) is 5.09. The number of pyridine rings is 1. The van der Waals surface area contributed by atoms with E-state index in [1.807, 2.05) is 29.7 Å². The molecule has 1 aromatic carbocycles. The maximum absolute atomic E-state index is 9.22. The van der Waals surface area contributed by atoms with E-state index >= 15 is 0 Å². The van der Waals surface area contributed by atoms with Crippen molar-refractivity contribution in [2.75, 3.05) is 12.1 Å². The number of aromatic nitrogens is 3. The fraction of sp³-hybridized carbons (Fsp3) is 0.188. The molecule has 0 saturated carbocycles. The second-order valence-electron chi connectivity index (χ2n) is 5.09. The highest BCUT2D eigenvalue weighted by molar-refractivity contribution is 5.75. The molecule has 3 N–H and O–H groups in total. The predicted octanol–water partition coefficient (Wildman–Crippen LogP) is 2.25. The topological polar surface area (TPSA) is 100 Å². The van der Waals surface area contributed by atoms with Crippen LogP contribution in [0.25, 0.3) is 22.4 Å². The Hall–Kier alpha value is -2.77. The summed E-state index contributed by atoms with van der Waals surface area (Å²) >= 11 is 0. The van der Waals surface area contributed by atoms with Gasteiger partial charge in [0.2, 0.25) is 0 Å². The van der Waals surface area contributed by atoms with Crippen LogP contribution < -0.4 is 10.2 Å². The fourth-order valence-corrected chi connectivity index (χ4v) is 2.04. The Kier molecular flexibility index (Phi) is 4.31. The van der Waals surface area contributed by atoms with E-state index in [0.717, 1.165) is 5.56 Å². The number of hydrogen-bond acceptors (Lipinski definition) is 7. The van der Waals surface area contributed by atoms with E-state index in [1.165, 1.54) is 0 Å². The zero-order valence-corrected chi connectivity index (χ0v) is 12.5. The molecule has 0 aliphatic carbocycles. The Morgan fingerprint density at radius 2 is 1.91 bits per heavy atom. The molecule has 3 aromatic rings. The lowest BCUT2D eigenvalue weighted by Gasteiger charge is -2.09. The summed E-state index contributed by atoms with van der Waals surface area (Å²) in [6.45, 7) is 1.91. The van der Waals surface area contributed by atoms with Crippen molar-refractivity contribution in [3.8, 4) is 17.0 Å². The Bertz CT molecular complexity index is 806. The van der Waals surface area contributed by atoms with Gasteiger partial charge >= 0.3 is 0 Å². The molecule has 2 heterocycles. The van der Waals surface area contributed by atoms with E-state index in [4.69, 9.17) is 9.94 Å². The van der Waals surface area contributed by atoms with E-state index in [0.29, 0.717) is 28.4 Å². The number of rotatable bonds is 5. The zero-order valence-electron chi connectivity index (χ0n) is 12.5. The normalized spacial score (nSPS) is 12.1. The first-order chi connectivity index (χ1) is 11.2. The van der Waals surface area contributed by atoms with Crippen molar-refractivity contribution in [2.24, 2.45) is 0 Å². The Morgan fingerprint density at radius 1 is 1.13 bits per heavy atom. The van der Waals surface area contributed by atoms with Crippen molar-refractivity contribution < 1.29 is 15.1 Å². The number of benzene rings is 1. The summed E-state index contributed by atoms with van der Waals surface area (Å²) in [6, 6.07) is 10.7. The van der Waals surface area contributed by atoms with Gasteiger partial charge in [-0.15, -0.1) is 0 Å². The van der Waals surface area contributed by atoms with E-state index in [2.05, 4.69) is 15.0 Å². The molecule has 0 aliphatic rings. The lowest BCUT2D eigenvalue weighted by atomic mass is 10.1. The van der Waals surface area contributed by atoms with Crippen molar-refractivity contribution in [1.82, 2.24) is 15.0 Å². The van der Waals surface area contributed by atoms with E-state index in [1.54, 1.807) is 25.3 Å². The van der Waals surface area contributed by atoms with Crippen LogP contribution in [0.5, 0.6) is 5.75 Å². The minimum absolute atomic E-state index is 0.246. The van der Waals surface area contributed by atoms with Crippen molar-refractivity contribution in [1.29, 1.82) is 0 Å². The van der Waals surface area contributed by atoms with Crippen LogP contribution in [0.4, 0.5) is 5.82 Å². The highest BCUT2D eigenvalue weighted by Crippen LogP contribution is 2.22. The van der Waals surface area contributed by atoms with Gasteiger partial charge in [-0.3, -0.25) is 15.7 Å². The van der Waals surface area contributed by atoms with E-state index < -0.39 is 6.10 Å². The number of anilines is 1.